The molecule has 3 heterocycles. The number of hydrogen-bond donors (Lipinski definition) is 2. The highest BCUT2D eigenvalue weighted by Crippen LogP contribution is 2.56. The summed E-state index contributed by atoms with van der Waals surface area (Å²) >= 11 is 0. The number of ether oxygens (including phenoxy) is 6. The van der Waals surface area contributed by atoms with E-state index in [1.54, 1.807) is 48.2 Å². The first-order chi connectivity index (χ1) is 24.6. The topological polar surface area (TPSA) is 188 Å². The summed E-state index contributed by atoms with van der Waals surface area (Å²) in [4.78, 5) is 54.5. The minimum absolute atomic E-state index is 0.00314. The van der Waals surface area contributed by atoms with E-state index in [9.17, 15) is 29.6 Å². The minimum atomic E-state index is -0.948. The van der Waals surface area contributed by atoms with Gasteiger partial charge in [0.15, 0.2) is 23.0 Å². The van der Waals surface area contributed by atoms with E-state index in [2.05, 4.69) is 5.32 Å². The van der Waals surface area contributed by atoms with Crippen LogP contribution in [0.15, 0.2) is 48.5 Å². The molecule has 268 valence electrons. The van der Waals surface area contributed by atoms with Gasteiger partial charge in [0.1, 0.15) is 12.1 Å². The first kappa shape index (κ1) is 33.6. The lowest BCUT2D eigenvalue weighted by Crippen LogP contribution is -2.54. The van der Waals surface area contributed by atoms with Crippen molar-refractivity contribution in [1.82, 2.24) is 10.2 Å². The molecule has 16 heteroatoms. The monoisotopic (exact) mass is 704 g/mol. The second-order valence-corrected chi connectivity index (χ2v) is 12.7. The number of aromatic hydroxyl groups is 1. The average molecular weight is 705 g/mol. The molecule has 0 saturated carbocycles. The van der Waals surface area contributed by atoms with Crippen LogP contribution in [0.5, 0.6) is 28.7 Å². The maximum atomic E-state index is 13.5. The van der Waals surface area contributed by atoms with Crippen molar-refractivity contribution < 1.29 is 52.8 Å². The van der Waals surface area contributed by atoms with E-state index in [0.29, 0.717) is 54.4 Å². The van der Waals surface area contributed by atoms with Crippen LogP contribution in [-0.4, -0.2) is 92.7 Å². The SMILES string of the molecule is COc1cc([C@@H]2c3cc4c(cc3[C@@H](OC(=O)N[C@@H](C)C(=O)N3CCN(c5ccc([N+](=O)[O-])cc5)CC3)[C@H]3COC(=O)[C@H]23)OCO4)cc(OC)c1O. The lowest BCUT2D eigenvalue weighted by atomic mass is 9.66. The van der Waals surface area contributed by atoms with E-state index in [1.807, 2.05) is 4.90 Å². The number of alkyl carbamates (subject to hydrolysis) is 1. The number of carbonyl (C=O) groups excluding carboxylic acids is 3. The number of benzene rings is 3. The van der Waals surface area contributed by atoms with Gasteiger partial charge in [-0.15, -0.1) is 0 Å². The quantitative estimate of drug-likeness (QED) is 0.197. The van der Waals surface area contributed by atoms with Gasteiger partial charge in [-0.25, -0.2) is 4.79 Å². The molecule has 0 bridgehead atoms. The van der Waals surface area contributed by atoms with Crippen molar-refractivity contribution in [3.8, 4) is 28.7 Å². The van der Waals surface area contributed by atoms with E-state index in [1.165, 1.54) is 26.4 Å². The van der Waals surface area contributed by atoms with E-state index < -0.39 is 46.9 Å². The molecule has 3 aliphatic heterocycles. The van der Waals surface area contributed by atoms with E-state index in [-0.39, 0.29) is 42.2 Å². The Balaban J connectivity index is 1.10. The summed E-state index contributed by atoms with van der Waals surface area (Å²) in [7, 11) is 2.82. The molecule has 5 atom stereocenters. The highest BCUT2D eigenvalue weighted by atomic mass is 16.7. The Kier molecular flexibility index (Phi) is 8.83. The van der Waals surface area contributed by atoms with Crippen LogP contribution >= 0.6 is 0 Å². The molecule has 0 unspecified atom stereocenters. The van der Waals surface area contributed by atoms with Gasteiger partial charge in [-0.2, -0.15) is 0 Å². The van der Waals surface area contributed by atoms with Gasteiger partial charge in [-0.1, -0.05) is 0 Å². The second kappa shape index (κ2) is 13.4. The molecule has 2 amide bonds. The van der Waals surface area contributed by atoms with Gasteiger partial charge in [0.25, 0.3) is 5.69 Å². The van der Waals surface area contributed by atoms with Gasteiger partial charge >= 0.3 is 12.1 Å². The number of methoxy groups -OCH3 is 2. The zero-order valence-corrected chi connectivity index (χ0v) is 28.0. The normalized spacial score (nSPS) is 22.3. The molecule has 3 aromatic rings. The number of anilines is 1. The number of nitrogens with zero attached hydrogens (tertiary/aromatic N) is 3. The first-order valence-corrected chi connectivity index (χ1v) is 16.4. The molecular formula is C35H36N4O12. The Morgan fingerprint density at radius 2 is 1.59 bits per heavy atom. The number of rotatable bonds is 8. The summed E-state index contributed by atoms with van der Waals surface area (Å²) in [6.07, 6.45) is -1.80. The Hall–Kier alpha value is -5.93. The second-order valence-electron chi connectivity index (χ2n) is 12.7. The standard InChI is InChI=1S/C35H36N4O12/c1-18(33(41)38-10-8-37(9-11-38)20-4-6-21(7-5-20)39(44)45)36-35(43)51-32-23-15-26-25(49-17-50-26)14-22(23)29(30-24(32)16-48-34(30)42)19-12-27(46-2)31(40)28(13-19)47-3/h4-7,12-15,18,24,29-30,32,40H,8-11,16-17H2,1-3H3,(H,36,43)/t18-,24-,29+,30-,32+/m0/s1. The molecule has 2 saturated heterocycles. The van der Waals surface area contributed by atoms with E-state index in [4.69, 9.17) is 28.4 Å². The Labute approximate surface area is 291 Å². The van der Waals surface area contributed by atoms with Gasteiger partial charge in [0, 0.05) is 61.4 Å². The lowest BCUT2D eigenvalue weighted by Gasteiger charge is -2.39. The number of amides is 2. The predicted molar refractivity (Wildman–Crippen MR) is 177 cm³/mol. The van der Waals surface area contributed by atoms with Crippen LogP contribution in [0.4, 0.5) is 16.2 Å². The molecule has 1 aliphatic carbocycles. The van der Waals surface area contributed by atoms with Crippen LogP contribution in [0.1, 0.15) is 35.6 Å². The molecule has 0 spiro atoms. The molecule has 2 fully saturated rings. The highest BCUT2D eigenvalue weighted by molar-refractivity contribution is 5.86. The molecule has 7 rings (SSSR count). The van der Waals surface area contributed by atoms with Crippen LogP contribution in [0.3, 0.4) is 0 Å². The third kappa shape index (κ3) is 6.10. The van der Waals surface area contributed by atoms with Crippen molar-refractivity contribution in [1.29, 1.82) is 0 Å². The molecule has 0 radical (unpaired) electrons. The summed E-state index contributed by atoms with van der Waals surface area (Å²) < 4.78 is 33.8. The number of phenols is 1. The molecule has 16 nitrogen and oxygen atoms in total. The fourth-order valence-electron chi connectivity index (χ4n) is 7.39. The summed E-state index contributed by atoms with van der Waals surface area (Å²) in [5, 5.41) is 24.3. The third-order valence-electron chi connectivity index (χ3n) is 9.94. The van der Waals surface area contributed by atoms with Gasteiger partial charge in [0.05, 0.1) is 31.7 Å². The molecule has 4 aliphatic rings. The van der Waals surface area contributed by atoms with Crippen LogP contribution < -0.4 is 29.2 Å². The number of hydrogen-bond acceptors (Lipinski definition) is 13. The van der Waals surface area contributed by atoms with Crippen molar-refractivity contribution in [3.05, 3.63) is 75.3 Å². The maximum Gasteiger partial charge on any atom is 0.408 e. The van der Waals surface area contributed by atoms with Crippen molar-refractivity contribution in [2.24, 2.45) is 11.8 Å². The van der Waals surface area contributed by atoms with E-state index >= 15 is 0 Å². The predicted octanol–water partition coefficient (Wildman–Crippen LogP) is 3.49. The number of esters is 1. The molecular weight excluding hydrogens is 668 g/mol. The zero-order valence-electron chi connectivity index (χ0n) is 28.0. The number of phenolic OH excluding ortho intramolecular Hbond substituents is 1. The van der Waals surface area contributed by atoms with Crippen LogP contribution in [0.25, 0.3) is 0 Å². The highest BCUT2D eigenvalue weighted by Gasteiger charge is 2.54. The van der Waals surface area contributed by atoms with Crippen LogP contribution in [0.2, 0.25) is 0 Å². The number of nitrogens with one attached hydrogen (secondary N) is 1. The average Bonchev–Trinajstić information content (AvgIpc) is 3.76. The maximum absolute atomic E-state index is 13.5. The van der Waals surface area contributed by atoms with E-state index in [0.717, 1.165) is 5.69 Å². The largest absolute Gasteiger partial charge is 0.502 e. The molecule has 2 N–H and O–H groups in total. The number of nitro groups is 1. The molecule has 3 aromatic carbocycles. The van der Waals surface area contributed by atoms with Crippen molar-refractivity contribution >= 4 is 29.3 Å². The van der Waals surface area contributed by atoms with Gasteiger partial charge < -0.3 is 48.6 Å². The Bertz CT molecular complexity index is 1850. The summed E-state index contributed by atoms with van der Waals surface area (Å²) in [6.45, 7) is 3.33. The fourth-order valence-corrected chi connectivity index (χ4v) is 7.39. The summed E-state index contributed by atoms with van der Waals surface area (Å²) in [5.74, 6) is -1.78. The third-order valence-corrected chi connectivity index (χ3v) is 9.94. The number of fused-ring (bicyclic) bond motifs is 3. The number of carbonyl (C=O) groups is 3. The number of piperazine rings is 1. The molecule has 51 heavy (non-hydrogen) atoms. The lowest BCUT2D eigenvalue weighted by molar-refractivity contribution is -0.384. The molecule has 0 aromatic heterocycles. The smallest absolute Gasteiger partial charge is 0.408 e. The Morgan fingerprint density at radius 1 is 0.961 bits per heavy atom. The summed E-state index contributed by atoms with van der Waals surface area (Å²) in [5.41, 5.74) is 2.62. The minimum Gasteiger partial charge on any atom is -0.502 e. The van der Waals surface area contributed by atoms with Gasteiger partial charge in [-0.05, 0) is 54.4 Å². The van der Waals surface area contributed by atoms with Crippen molar-refractivity contribution in [3.63, 3.8) is 0 Å². The van der Waals surface area contributed by atoms with Crippen molar-refractivity contribution in [2.45, 2.75) is 25.0 Å². The number of nitro benzene ring substituents is 1. The van der Waals surface area contributed by atoms with Crippen LogP contribution in [0, 0.1) is 22.0 Å². The van der Waals surface area contributed by atoms with Crippen molar-refractivity contribution in [2.75, 3.05) is 58.7 Å². The zero-order chi connectivity index (χ0) is 36.0. The van der Waals surface area contributed by atoms with Gasteiger partial charge in [0.2, 0.25) is 18.4 Å². The van der Waals surface area contributed by atoms with Gasteiger partial charge in [-0.3, -0.25) is 19.7 Å². The summed E-state index contributed by atoms with van der Waals surface area (Å²) in [6, 6.07) is 12.1. The first-order valence-electron chi connectivity index (χ1n) is 16.4. The fraction of sp³-hybridized carbons (Fsp3) is 0.400. The number of non-ortho nitro benzene ring substituents is 1. The number of cyclic esters (lactones) is 1. The van der Waals surface area contributed by atoms with Crippen LogP contribution in [-0.2, 0) is 19.1 Å². The Morgan fingerprint density at radius 3 is 2.20 bits per heavy atom.